The minimum absolute atomic E-state index is 0.271. The van der Waals surface area contributed by atoms with Crippen LogP contribution in [0.25, 0.3) is 16.9 Å². The number of aliphatic hydroxyl groups is 1. The highest BCUT2D eigenvalue weighted by Crippen LogP contribution is 2.33. The molecule has 0 spiro atoms. The highest BCUT2D eigenvalue weighted by molar-refractivity contribution is 6.30. The van der Waals surface area contributed by atoms with Gasteiger partial charge in [-0.05, 0) is 50.7 Å². The molecule has 0 unspecified atom stereocenters. The third kappa shape index (κ3) is 3.09. The maximum absolute atomic E-state index is 10.2. The summed E-state index contributed by atoms with van der Waals surface area (Å²) in [5, 5.41) is 15.9. The number of anilines is 1. The molecule has 1 aliphatic carbocycles. The Labute approximate surface area is 163 Å². The molecule has 1 saturated heterocycles. The van der Waals surface area contributed by atoms with Crippen molar-refractivity contribution in [3.05, 3.63) is 46.6 Å². The Kier molecular flexibility index (Phi) is 4.29. The summed E-state index contributed by atoms with van der Waals surface area (Å²) in [6.45, 7) is 1.63. The molecule has 5 nitrogen and oxygen atoms in total. The number of aromatic nitrogens is 3. The maximum atomic E-state index is 10.2. The first-order chi connectivity index (χ1) is 13.2. The van der Waals surface area contributed by atoms with Gasteiger partial charge < -0.3 is 10.0 Å². The van der Waals surface area contributed by atoms with E-state index < -0.39 is 0 Å². The van der Waals surface area contributed by atoms with Crippen molar-refractivity contribution in [1.29, 1.82) is 0 Å². The van der Waals surface area contributed by atoms with Crippen LogP contribution in [0.15, 0.2) is 30.3 Å². The molecule has 6 heteroatoms. The van der Waals surface area contributed by atoms with Crippen molar-refractivity contribution in [2.45, 2.75) is 44.6 Å². The van der Waals surface area contributed by atoms with Crippen LogP contribution >= 0.6 is 11.6 Å². The lowest BCUT2D eigenvalue weighted by Crippen LogP contribution is -2.40. The van der Waals surface area contributed by atoms with Gasteiger partial charge in [0.15, 0.2) is 5.65 Å². The number of aliphatic hydroxyl groups excluding tert-OH is 1. The number of hydrogen-bond donors (Lipinski definition) is 1. The Balaban J connectivity index is 1.68. The average Bonchev–Trinajstić information content (AvgIpc) is 3.10. The molecular formula is C21H23ClN4O. The van der Waals surface area contributed by atoms with Gasteiger partial charge in [-0.1, -0.05) is 23.7 Å². The zero-order valence-electron chi connectivity index (χ0n) is 15.2. The SMILES string of the molecule is O[C@@H]1CCCN(c2c3c(nc4cc(-c5ccc(Cl)cc5)nn24)CCCC3)C1. The van der Waals surface area contributed by atoms with Gasteiger partial charge in [-0.3, -0.25) is 0 Å². The Morgan fingerprint density at radius 1 is 1.07 bits per heavy atom. The van der Waals surface area contributed by atoms with Gasteiger partial charge in [-0.2, -0.15) is 9.61 Å². The van der Waals surface area contributed by atoms with Gasteiger partial charge in [0.2, 0.25) is 0 Å². The smallest absolute Gasteiger partial charge is 0.158 e. The molecule has 0 bridgehead atoms. The topological polar surface area (TPSA) is 53.7 Å². The molecule has 0 saturated carbocycles. The molecule has 2 aliphatic rings. The molecule has 1 atom stereocenters. The van der Waals surface area contributed by atoms with Crippen molar-refractivity contribution < 1.29 is 5.11 Å². The first-order valence-corrected chi connectivity index (χ1v) is 10.2. The third-order valence-corrected chi connectivity index (χ3v) is 5.94. The van der Waals surface area contributed by atoms with E-state index in [1.54, 1.807) is 0 Å². The van der Waals surface area contributed by atoms with Crippen LogP contribution in [0.3, 0.4) is 0 Å². The molecule has 2 aromatic heterocycles. The van der Waals surface area contributed by atoms with Crippen molar-refractivity contribution in [3.8, 4) is 11.3 Å². The van der Waals surface area contributed by atoms with E-state index >= 15 is 0 Å². The lowest BCUT2D eigenvalue weighted by atomic mass is 9.95. The summed E-state index contributed by atoms with van der Waals surface area (Å²) in [6.07, 6.45) is 6.05. The van der Waals surface area contributed by atoms with Gasteiger partial charge in [0.05, 0.1) is 11.8 Å². The average molecular weight is 383 g/mol. The van der Waals surface area contributed by atoms with E-state index in [1.165, 1.54) is 24.1 Å². The number of halogens is 1. The summed E-state index contributed by atoms with van der Waals surface area (Å²) < 4.78 is 1.99. The third-order valence-electron chi connectivity index (χ3n) is 5.69. The van der Waals surface area contributed by atoms with Gasteiger partial charge in [-0.15, -0.1) is 0 Å². The summed E-state index contributed by atoms with van der Waals surface area (Å²) in [7, 11) is 0. The van der Waals surface area contributed by atoms with Crippen molar-refractivity contribution in [2.75, 3.05) is 18.0 Å². The van der Waals surface area contributed by atoms with E-state index in [2.05, 4.69) is 11.0 Å². The van der Waals surface area contributed by atoms with E-state index in [0.717, 1.165) is 60.0 Å². The zero-order valence-corrected chi connectivity index (χ0v) is 16.0. The molecule has 27 heavy (non-hydrogen) atoms. The number of aryl methyl sites for hydroxylation is 1. The van der Waals surface area contributed by atoms with Crippen molar-refractivity contribution >= 4 is 23.1 Å². The maximum Gasteiger partial charge on any atom is 0.158 e. The molecule has 1 N–H and O–H groups in total. The number of nitrogens with zero attached hydrogens (tertiary/aromatic N) is 4. The molecule has 5 rings (SSSR count). The number of hydrogen-bond acceptors (Lipinski definition) is 4. The van der Waals surface area contributed by atoms with Gasteiger partial charge >= 0.3 is 0 Å². The van der Waals surface area contributed by atoms with E-state index in [4.69, 9.17) is 21.7 Å². The van der Waals surface area contributed by atoms with Crippen LogP contribution in [0.1, 0.15) is 36.9 Å². The van der Waals surface area contributed by atoms with Gasteiger partial charge in [0.25, 0.3) is 0 Å². The first kappa shape index (κ1) is 17.0. The number of fused-ring (bicyclic) bond motifs is 2. The number of piperidine rings is 1. The molecule has 0 radical (unpaired) electrons. The monoisotopic (exact) mass is 382 g/mol. The molecule has 3 heterocycles. The zero-order chi connectivity index (χ0) is 18.4. The largest absolute Gasteiger partial charge is 0.391 e. The highest BCUT2D eigenvalue weighted by atomic mass is 35.5. The Bertz CT molecular complexity index is 982. The van der Waals surface area contributed by atoms with E-state index in [0.29, 0.717) is 6.54 Å². The standard InChI is InChI=1S/C21H23ClN4O/c22-15-9-7-14(8-10-15)19-12-20-23-18-6-2-1-5-17(18)21(26(20)24-19)25-11-3-4-16(27)13-25/h7-10,12,16,27H,1-6,11,13H2/t16-/m1/s1. The van der Waals surface area contributed by atoms with Gasteiger partial charge in [-0.25, -0.2) is 4.98 Å². The van der Waals surface area contributed by atoms with Crippen LogP contribution in [0.2, 0.25) is 5.02 Å². The molecule has 1 fully saturated rings. The first-order valence-electron chi connectivity index (χ1n) is 9.79. The van der Waals surface area contributed by atoms with E-state index in [-0.39, 0.29) is 6.10 Å². The number of rotatable bonds is 2. The van der Waals surface area contributed by atoms with Crippen LogP contribution in [0.4, 0.5) is 5.82 Å². The second-order valence-corrected chi connectivity index (χ2v) is 8.05. The normalized spacial score (nSPS) is 20.1. The van der Waals surface area contributed by atoms with Crippen LogP contribution < -0.4 is 4.90 Å². The second kappa shape index (κ2) is 6.80. The van der Waals surface area contributed by atoms with Crippen LogP contribution in [-0.4, -0.2) is 38.9 Å². The summed E-state index contributed by atoms with van der Waals surface area (Å²) >= 11 is 6.04. The molecule has 1 aromatic carbocycles. The van der Waals surface area contributed by atoms with E-state index in [1.807, 2.05) is 28.8 Å². The quantitative estimate of drug-likeness (QED) is 0.730. The summed E-state index contributed by atoms with van der Waals surface area (Å²) in [6, 6.07) is 9.83. The Morgan fingerprint density at radius 3 is 2.70 bits per heavy atom. The van der Waals surface area contributed by atoms with Crippen molar-refractivity contribution in [1.82, 2.24) is 14.6 Å². The minimum Gasteiger partial charge on any atom is -0.391 e. The predicted molar refractivity (Wildman–Crippen MR) is 108 cm³/mol. The molecule has 0 amide bonds. The van der Waals surface area contributed by atoms with Crippen molar-refractivity contribution in [3.63, 3.8) is 0 Å². The minimum atomic E-state index is -0.271. The summed E-state index contributed by atoms with van der Waals surface area (Å²) in [4.78, 5) is 7.25. The van der Waals surface area contributed by atoms with Crippen LogP contribution in [-0.2, 0) is 12.8 Å². The fourth-order valence-corrected chi connectivity index (χ4v) is 4.49. The number of β-amino-alcohol motifs (C(OH)–C–C–N with tert-alkyl or cyclic N) is 1. The van der Waals surface area contributed by atoms with Crippen LogP contribution in [0.5, 0.6) is 0 Å². The molecule has 3 aromatic rings. The second-order valence-electron chi connectivity index (χ2n) is 7.62. The molecule has 140 valence electrons. The predicted octanol–water partition coefficient (Wildman–Crippen LogP) is 3.89. The van der Waals surface area contributed by atoms with Crippen LogP contribution in [0, 0.1) is 0 Å². The highest BCUT2D eigenvalue weighted by Gasteiger charge is 2.27. The fourth-order valence-electron chi connectivity index (χ4n) is 4.36. The summed E-state index contributed by atoms with van der Waals surface area (Å²) in [5.41, 5.74) is 5.34. The lowest BCUT2D eigenvalue weighted by Gasteiger charge is -2.34. The summed E-state index contributed by atoms with van der Waals surface area (Å²) in [5.74, 6) is 1.13. The van der Waals surface area contributed by atoms with E-state index in [9.17, 15) is 5.11 Å². The lowest BCUT2D eigenvalue weighted by molar-refractivity contribution is 0.153. The van der Waals surface area contributed by atoms with Gasteiger partial charge in [0, 0.05) is 41.0 Å². The number of benzene rings is 1. The Morgan fingerprint density at radius 2 is 1.89 bits per heavy atom. The molecule has 1 aliphatic heterocycles. The van der Waals surface area contributed by atoms with Crippen molar-refractivity contribution in [2.24, 2.45) is 0 Å². The van der Waals surface area contributed by atoms with Gasteiger partial charge in [0.1, 0.15) is 5.82 Å². The Hall–Kier alpha value is -2.11. The fraction of sp³-hybridized carbons (Fsp3) is 0.429. The molecular weight excluding hydrogens is 360 g/mol.